The van der Waals surface area contributed by atoms with Gasteiger partial charge in [-0.1, -0.05) is 36.4 Å². The molecule has 2 rings (SSSR count). The molecule has 18 heavy (non-hydrogen) atoms. The average molecular weight is 246 g/mol. The van der Waals surface area contributed by atoms with Crippen molar-refractivity contribution in [3.8, 4) is 0 Å². The Morgan fingerprint density at radius 1 is 0.944 bits per heavy atom. The summed E-state index contributed by atoms with van der Waals surface area (Å²) < 4.78 is 27.1. The van der Waals surface area contributed by atoms with Crippen molar-refractivity contribution in [3.05, 3.63) is 71.3 Å². The van der Waals surface area contributed by atoms with Gasteiger partial charge in [-0.25, -0.2) is 8.78 Å². The van der Waals surface area contributed by atoms with Gasteiger partial charge in [0.25, 0.3) is 0 Å². The van der Waals surface area contributed by atoms with E-state index in [2.05, 4.69) is 0 Å². The van der Waals surface area contributed by atoms with Gasteiger partial charge in [0, 0.05) is 5.92 Å². The average Bonchev–Trinajstić information content (AvgIpc) is 2.39. The first kappa shape index (κ1) is 12.4. The van der Waals surface area contributed by atoms with E-state index in [1.54, 1.807) is 36.4 Å². The van der Waals surface area contributed by atoms with Crippen molar-refractivity contribution in [2.24, 2.45) is 0 Å². The van der Waals surface area contributed by atoms with Crippen molar-refractivity contribution in [2.75, 3.05) is 0 Å². The summed E-state index contributed by atoms with van der Waals surface area (Å²) in [5.41, 5.74) is 0.716. The van der Waals surface area contributed by atoms with Crippen LogP contribution in [0.5, 0.6) is 0 Å². The second-order valence-corrected chi connectivity index (χ2v) is 4.06. The van der Waals surface area contributed by atoms with E-state index >= 15 is 0 Å². The monoisotopic (exact) mass is 246 g/mol. The van der Waals surface area contributed by atoms with Crippen LogP contribution < -0.4 is 0 Å². The van der Waals surface area contributed by atoms with E-state index in [4.69, 9.17) is 0 Å². The molecule has 2 aromatic carbocycles. The summed E-state index contributed by atoms with van der Waals surface area (Å²) in [6.45, 7) is 0. The third-order valence-electron chi connectivity index (χ3n) is 2.87. The highest BCUT2D eigenvalue weighted by Crippen LogP contribution is 2.22. The van der Waals surface area contributed by atoms with Crippen LogP contribution in [0.2, 0.25) is 0 Å². The van der Waals surface area contributed by atoms with E-state index in [1.807, 2.05) is 0 Å². The molecule has 0 saturated heterocycles. The Morgan fingerprint density at radius 2 is 1.56 bits per heavy atom. The van der Waals surface area contributed by atoms with E-state index in [0.717, 1.165) is 0 Å². The zero-order chi connectivity index (χ0) is 13.0. The van der Waals surface area contributed by atoms with E-state index in [9.17, 15) is 13.6 Å². The zero-order valence-electron chi connectivity index (χ0n) is 9.64. The molecule has 0 amide bonds. The molecule has 0 aromatic heterocycles. The van der Waals surface area contributed by atoms with Gasteiger partial charge in [-0.05, 0) is 29.7 Å². The molecule has 0 bridgehead atoms. The molecule has 0 saturated carbocycles. The van der Waals surface area contributed by atoms with Gasteiger partial charge in [-0.15, -0.1) is 0 Å². The Balaban J connectivity index is 2.29. The normalized spacial score (nSPS) is 12.1. The van der Waals surface area contributed by atoms with E-state index in [1.165, 1.54) is 12.1 Å². The SMILES string of the molecule is O=CC(Cc1ccccc1F)c1ccccc1F. The second-order valence-electron chi connectivity index (χ2n) is 4.06. The molecule has 0 aliphatic rings. The van der Waals surface area contributed by atoms with Crippen LogP contribution in [0.1, 0.15) is 17.0 Å². The minimum absolute atomic E-state index is 0.164. The minimum atomic E-state index is -0.664. The number of halogens is 2. The standard InChI is InChI=1S/C15H12F2O/c16-14-7-3-1-5-11(14)9-12(10-18)13-6-2-4-8-15(13)17/h1-8,10,12H,9H2. The largest absolute Gasteiger partial charge is 0.303 e. The summed E-state index contributed by atoms with van der Waals surface area (Å²) in [5, 5.41) is 0. The molecule has 3 heteroatoms. The fraction of sp³-hybridized carbons (Fsp3) is 0.133. The first-order valence-corrected chi connectivity index (χ1v) is 5.65. The van der Waals surface area contributed by atoms with Crippen LogP contribution in [0.25, 0.3) is 0 Å². The van der Waals surface area contributed by atoms with E-state index in [0.29, 0.717) is 17.4 Å². The van der Waals surface area contributed by atoms with Crippen molar-refractivity contribution >= 4 is 6.29 Å². The number of benzene rings is 2. The molecule has 92 valence electrons. The van der Waals surface area contributed by atoms with Crippen LogP contribution in [0.3, 0.4) is 0 Å². The number of hydrogen-bond donors (Lipinski definition) is 0. The number of carbonyl (C=O) groups excluding carboxylic acids is 1. The molecule has 1 unspecified atom stereocenters. The Morgan fingerprint density at radius 3 is 2.17 bits per heavy atom. The summed E-state index contributed by atoms with van der Waals surface area (Å²) in [5.74, 6) is -1.48. The minimum Gasteiger partial charge on any atom is -0.303 e. The zero-order valence-corrected chi connectivity index (χ0v) is 9.64. The maximum absolute atomic E-state index is 13.6. The van der Waals surface area contributed by atoms with Gasteiger partial charge in [0.15, 0.2) is 0 Å². The third kappa shape index (κ3) is 2.62. The fourth-order valence-electron chi connectivity index (χ4n) is 1.91. The van der Waals surface area contributed by atoms with Crippen LogP contribution in [0, 0.1) is 11.6 Å². The third-order valence-corrected chi connectivity index (χ3v) is 2.87. The van der Waals surface area contributed by atoms with Crippen LogP contribution in [0.15, 0.2) is 48.5 Å². The highest BCUT2D eigenvalue weighted by molar-refractivity contribution is 5.63. The van der Waals surface area contributed by atoms with Crippen LogP contribution in [-0.4, -0.2) is 6.29 Å². The van der Waals surface area contributed by atoms with Crippen molar-refractivity contribution in [1.29, 1.82) is 0 Å². The van der Waals surface area contributed by atoms with Crippen molar-refractivity contribution in [1.82, 2.24) is 0 Å². The number of hydrogen-bond acceptors (Lipinski definition) is 1. The van der Waals surface area contributed by atoms with Crippen molar-refractivity contribution in [2.45, 2.75) is 12.3 Å². The molecule has 0 N–H and O–H groups in total. The Kier molecular flexibility index (Phi) is 3.82. The van der Waals surface area contributed by atoms with Gasteiger partial charge in [-0.2, -0.15) is 0 Å². The van der Waals surface area contributed by atoms with Gasteiger partial charge in [0.05, 0.1) is 0 Å². The quantitative estimate of drug-likeness (QED) is 0.755. The number of rotatable bonds is 4. The van der Waals surface area contributed by atoms with Gasteiger partial charge in [0.1, 0.15) is 17.9 Å². The van der Waals surface area contributed by atoms with Gasteiger partial charge in [0.2, 0.25) is 0 Å². The molecule has 0 spiro atoms. The van der Waals surface area contributed by atoms with Gasteiger partial charge < -0.3 is 4.79 Å². The lowest BCUT2D eigenvalue weighted by molar-refractivity contribution is -0.109. The molecular weight excluding hydrogens is 234 g/mol. The molecule has 0 heterocycles. The van der Waals surface area contributed by atoms with Crippen LogP contribution in [0.4, 0.5) is 8.78 Å². The molecule has 2 aromatic rings. The molecular formula is C15H12F2O. The molecule has 1 atom stereocenters. The smallest absolute Gasteiger partial charge is 0.127 e. The highest BCUT2D eigenvalue weighted by Gasteiger charge is 2.16. The second kappa shape index (κ2) is 5.54. The number of aldehydes is 1. The van der Waals surface area contributed by atoms with Gasteiger partial charge in [-0.3, -0.25) is 0 Å². The fourth-order valence-corrected chi connectivity index (χ4v) is 1.91. The predicted molar refractivity (Wildman–Crippen MR) is 65.3 cm³/mol. The first-order valence-electron chi connectivity index (χ1n) is 5.65. The lowest BCUT2D eigenvalue weighted by atomic mass is 9.92. The Labute approximate surface area is 104 Å². The lowest BCUT2D eigenvalue weighted by Gasteiger charge is -2.12. The van der Waals surface area contributed by atoms with Crippen LogP contribution in [-0.2, 0) is 11.2 Å². The van der Waals surface area contributed by atoms with E-state index < -0.39 is 11.7 Å². The lowest BCUT2D eigenvalue weighted by Crippen LogP contribution is -2.07. The molecule has 0 aliphatic heterocycles. The summed E-state index contributed by atoms with van der Waals surface area (Å²) in [6, 6.07) is 12.3. The summed E-state index contributed by atoms with van der Waals surface area (Å²) in [4.78, 5) is 11.1. The topological polar surface area (TPSA) is 17.1 Å². The first-order chi connectivity index (χ1) is 8.72. The Hall–Kier alpha value is -2.03. The predicted octanol–water partition coefficient (Wildman–Crippen LogP) is 3.49. The van der Waals surface area contributed by atoms with Crippen molar-refractivity contribution in [3.63, 3.8) is 0 Å². The molecule has 1 nitrogen and oxygen atoms in total. The Bertz CT molecular complexity index is 552. The van der Waals surface area contributed by atoms with Crippen LogP contribution >= 0.6 is 0 Å². The maximum Gasteiger partial charge on any atom is 0.127 e. The van der Waals surface area contributed by atoms with Gasteiger partial charge >= 0.3 is 0 Å². The number of carbonyl (C=O) groups is 1. The summed E-state index contributed by atoms with van der Waals surface area (Å²) in [6.07, 6.45) is 0.821. The summed E-state index contributed by atoms with van der Waals surface area (Å²) in [7, 11) is 0. The van der Waals surface area contributed by atoms with E-state index in [-0.39, 0.29) is 12.2 Å². The molecule has 0 radical (unpaired) electrons. The molecule has 0 aliphatic carbocycles. The summed E-state index contributed by atoms with van der Waals surface area (Å²) >= 11 is 0. The van der Waals surface area contributed by atoms with Crippen molar-refractivity contribution < 1.29 is 13.6 Å². The molecule has 0 fully saturated rings. The highest BCUT2D eigenvalue weighted by atomic mass is 19.1. The maximum atomic E-state index is 13.6.